The van der Waals surface area contributed by atoms with Crippen molar-refractivity contribution in [3.63, 3.8) is 0 Å². The van der Waals surface area contributed by atoms with Crippen molar-refractivity contribution < 1.29 is 8.42 Å². The molecule has 0 aliphatic heterocycles. The van der Waals surface area contributed by atoms with E-state index in [-0.39, 0.29) is 4.21 Å². The average Bonchev–Trinajstić information content (AvgIpc) is 3.34. The van der Waals surface area contributed by atoms with E-state index < -0.39 is 10.0 Å². The molecular formula is C19H14N2O2S2. The first kappa shape index (κ1) is 15.8. The largest absolute Gasteiger partial charge is 0.293 e. The van der Waals surface area contributed by atoms with Gasteiger partial charge in [0.25, 0.3) is 10.0 Å². The number of rotatable bonds is 4. The smallest absolute Gasteiger partial charge is 0.198 e. The first-order valence-corrected chi connectivity index (χ1v) is 9.98. The van der Waals surface area contributed by atoms with Crippen molar-refractivity contribution in [2.75, 3.05) is 0 Å². The molecule has 6 heteroatoms. The van der Waals surface area contributed by atoms with E-state index >= 15 is 0 Å². The van der Waals surface area contributed by atoms with E-state index in [0.29, 0.717) is 11.4 Å². The number of hydrogen-bond donors (Lipinski definition) is 0. The second-order valence-corrected chi connectivity index (χ2v) is 8.37. The summed E-state index contributed by atoms with van der Waals surface area (Å²) in [5.41, 5.74) is 2.85. The van der Waals surface area contributed by atoms with Gasteiger partial charge in [0.15, 0.2) is 0 Å². The Hall–Kier alpha value is -2.70. The lowest BCUT2D eigenvalue weighted by Gasteiger charge is -2.07. The normalized spacial score (nSPS) is 11.5. The van der Waals surface area contributed by atoms with Gasteiger partial charge in [-0.05, 0) is 17.5 Å². The lowest BCUT2D eigenvalue weighted by Crippen LogP contribution is -2.14. The summed E-state index contributed by atoms with van der Waals surface area (Å²) >= 11 is 1.18. The first-order chi connectivity index (χ1) is 12.2. The molecule has 25 heavy (non-hydrogen) atoms. The summed E-state index contributed by atoms with van der Waals surface area (Å²) in [6, 6.07) is 24.1. The van der Waals surface area contributed by atoms with Crippen molar-refractivity contribution in [2.45, 2.75) is 4.21 Å². The summed E-state index contributed by atoms with van der Waals surface area (Å²) < 4.78 is 27.5. The molecule has 2 aromatic carbocycles. The molecule has 0 aliphatic carbocycles. The Balaban J connectivity index is 1.95. The highest BCUT2D eigenvalue weighted by Gasteiger charge is 2.24. The van der Waals surface area contributed by atoms with Crippen LogP contribution in [0.3, 0.4) is 0 Å². The zero-order valence-corrected chi connectivity index (χ0v) is 14.7. The van der Waals surface area contributed by atoms with E-state index in [9.17, 15) is 8.42 Å². The summed E-state index contributed by atoms with van der Waals surface area (Å²) in [6.07, 6.45) is 0. The van der Waals surface area contributed by atoms with Crippen molar-refractivity contribution in [1.82, 2.24) is 9.19 Å². The van der Waals surface area contributed by atoms with Crippen molar-refractivity contribution in [1.29, 1.82) is 0 Å². The highest BCUT2D eigenvalue weighted by atomic mass is 32.2. The second kappa shape index (κ2) is 6.31. The molecule has 0 amide bonds. The SMILES string of the molecule is O=S(=O)(c1cccs1)n1nc(-c2ccccc2)cc1-c1ccccc1. The van der Waals surface area contributed by atoms with Gasteiger partial charge in [0.1, 0.15) is 4.21 Å². The molecule has 4 rings (SSSR count). The highest BCUT2D eigenvalue weighted by Crippen LogP contribution is 2.30. The monoisotopic (exact) mass is 366 g/mol. The van der Waals surface area contributed by atoms with Crippen LogP contribution >= 0.6 is 11.3 Å². The Morgan fingerprint density at radius 2 is 1.44 bits per heavy atom. The minimum atomic E-state index is -3.74. The van der Waals surface area contributed by atoms with Crippen LogP contribution in [-0.2, 0) is 10.0 Å². The molecule has 0 saturated heterocycles. The molecule has 0 fully saturated rings. The van der Waals surface area contributed by atoms with Gasteiger partial charge in [0, 0.05) is 11.1 Å². The van der Waals surface area contributed by atoms with Crippen molar-refractivity contribution in [3.05, 3.63) is 84.2 Å². The molecule has 0 atom stereocenters. The molecule has 0 saturated carbocycles. The molecular weight excluding hydrogens is 352 g/mol. The molecule has 2 aromatic heterocycles. The fraction of sp³-hybridized carbons (Fsp3) is 0. The van der Waals surface area contributed by atoms with E-state index in [4.69, 9.17) is 0 Å². The summed E-state index contributed by atoms with van der Waals surface area (Å²) in [4.78, 5) is 0. The zero-order chi connectivity index (χ0) is 17.3. The summed E-state index contributed by atoms with van der Waals surface area (Å²) in [6.45, 7) is 0. The Bertz CT molecular complexity index is 1090. The molecule has 0 spiro atoms. The Kier molecular flexibility index (Phi) is 3.99. The lowest BCUT2D eigenvalue weighted by molar-refractivity contribution is 0.583. The quantitative estimate of drug-likeness (QED) is 0.534. The van der Waals surface area contributed by atoms with Gasteiger partial charge in [-0.15, -0.1) is 11.3 Å². The van der Waals surface area contributed by atoms with Crippen molar-refractivity contribution in [3.8, 4) is 22.5 Å². The number of hydrogen-bond acceptors (Lipinski definition) is 4. The lowest BCUT2D eigenvalue weighted by atomic mass is 10.1. The average molecular weight is 366 g/mol. The van der Waals surface area contributed by atoms with E-state index in [1.165, 1.54) is 11.3 Å². The van der Waals surface area contributed by atoms with Crippen LogP contribution in [0.25, 0.3) is 22.5 Å². The zero-order valence-electron chi connectivity index (χ0n) is 13.1. The van der Waals surface area contributed by atoms with Gasteiger partial charge in [-0.1, -0.05) is 66.7 Å². The molecule has 2 heterocycles. The minimum absolute atomic E-state index is 0.271. The maximum Gasteiger partial charge on any atom is 0.293 e. The number of benzene rings is 2. The number of nitrogens with zero attached hydrogens (tertiary/aromatic N) is 2. The molecule has 4 aromatic rings. The number of aromatic nitrogens is 2. The summed E-state index contributed by atoms with van der Waals surface area (Å²) in [5.74, 6) is 0. The van der Waals surface area contributed by atoms with E-state index in [2.05, 4.69) is 5.10 Å². The van der Waals surface area contributed by atoms with Crippen molar-refractivity contribution in [2.24, 2.45) is 0 Å². The molecule has 124 valence electrons. The third-order valence-electron chi connectivity index (χ3n) is 3.79. The molecule has 0 unspecified atom stereocenters. The molecule has 4 nitrogen and oxygen atoms in total. The predicted molar refractivity (Wildman–Crippen MR) is 100 cm³/mol. The van der Waals surface area contributed by atoms with E-state index in [0.717, 1.165) is 15.2 Å². The van der Waals surface area contributed by atoms with E-state index in [1.807, 2.05) is 66.7 Å². The van der Waals surface area contributed by atoms with Crippen LogP contribution in [-0.4, -0.2) is 17.6 Å². The van der Waals surface area contributed by atoms with Gasteiger partial charge in [-0.2, -0.15) is 17.6 Å². The van der Waals surface area contributed by atoms with Crippen molar-refractivity contribution >= 4 is 21.4 Å². The van der Waals surface area contributed by atoms with Crippen LogP contribution in [0, 0.1) is 0 Å². The van der Waals surface area contributed by atoms with Gasteiger partial charge in [0.2, 0.25) is 0 Å². The van der Waals surface area contributed by atoms with Gasteiger partial charge in [0.05, 0.1) is 11.4 Å². The van der Waals surface area contributed by atoms with Crippen LogP contribution in [0.2, 0.25) is 0 Å². The fourth-order valence-electron chi connectivity index (χ4n) is 2.60. The molecule has 0 aliphatic rings. The highest BCUT2D eigenvalue weighted by molar-refractivity contribution is 7.92. The Morgan fingerprint density at radius 1 is 0.800 bits per heavy atom. The maximum atomic E-state index is 13.0. The third kappa shape index (κ3) is 2.90. The van der Waals surface area contributed by atoms with Crippen LogP contribution in [0.5, 0.6) is 0 Å². The fourth-order valence-corrected chi connectivity index (χ4v) is 4.94. The van der Waals surface area contributed by atoms with Gasteiger partial charge in [-0.25, -0.2) is 0 Å². The Labute approximate surface area is 150 Å². The molecule has 0 radical (unpaired) electrons. The first-order valence-electron chi connectivity index (χ1n) is 7.66. The minimum Gasteiger partial charge on any atom is -0.198 e. The van der Waals surface area contributed by atoms with Crippen LogP contribution < -0.4 is 0 Å². The number of thiophene rings is 1. The maximum absolute atomic E-state index is 13.0. The standard InChI is InChI=1S/C19H14N2O2S2/c22-25(23,19-12-7-13-24-19)21-18(16-10-5-2-6-11-16)14-17(20-21)15-8-3-1-4-9-15/h1-14H. The van der Waals surface area contributed by atoms with Gasteiger partial charge in [-0.3, -0.25) is 0 Å². The summed E-state index contributed by atoms with van der Waals surface area (Å²) in [5, 5.41) is 6.17. The molecule has 0 N–H and O–H groups in total. The molecule has 0 bridgehead atoms. The second-order valence-electron chi connectivity index (χ2n) is 5.43. The van der Waals surface area contributed by atoms with E-state index in [1.54, 1.807) is 17.5 Å². The van der Waals surface area contributed by atoms with Crippen LogP contribution in [0.1, 0.15) is 0 Å². The predicted octanol–water partition coefficient (Wildman–Crippen LogP) is 4.52. The van der Waals surface area contributed by atoms with Crippen LogP contribution in [0.15, 0.2) is 88.5 Å². The topological polar surface area (TPSA) is 52.0 Å². The third-order valence-corrected chi connectivity index (χ3v) is 6.75. The van der Waals surface area contributed by atoms with Gasteiger partial charge >= 0.3 is 0 Å². The van der Waals surface area contributed by atoms with Crippen LogP contribution in [0.4, 0.5) is 0 Å². The Morgan fingerprint density at radius 3 is 2.04 bits per heavy atom. The summed E-state index contributed by atoms with van der Waals surface area (Å²) in [7, 11) is -3.74. The van der Waals surface area contributed by atoms with Gasteiger partial charge < -0.3 is 0 Å².